The molecule has 0 fully saturated rings. The summed E-state index contributed by atoms with van der Waals surface area (Å²) in [7, 11) is 1.58. The van der Waals surface area contributed by atoms with E-state index in [0.29, 0.717) is 6.42 Å². The SMILES string of the molecule is CN1C(=O)[C@H](CO)NC(=O)CC[C@@H](C(=O)NCC(C)(C)c2ccc(F)cc2)NC(=O)c2ccccc2OC[C@H]1Cc1ccccc1. The number of aliphatic hydroxyl groups is 1. The summed E-state index contributed by atoms with van der Waals surface area (Å²) in [5.74, 6) is -2.26. The van der Waals surface area contributed by atoms with Gasteiger partial charge in [0.05, 0.1) is 18.2 Å². The summed E-state index contributed by atoms with van der Waals surface area (Å²) in [5.41, 5.74) is 1.37. The smallest absolute Gasteiger partial charge is 0.255 e. The molecule has 0 spiro atoms. The average molecular weight is 633 g/mol. The molecule has 244 valence electrons. The van der Waals surface area contributed by atoms with Crippen LogP contribution in [0.1, 0.15) is 48.2 Å². The number of para-hydroxylation sites is 1. The van der Waals surface area contributed by atoms with E-state index in [9.17, 15) is 28.7 Å². The largest absolute Gasteiger partial charge is 0.491 e. The van der Waals surface area contributed by atoms with Crippen molar-refractivity contribution in [2.24, 2.45) is 0 Å². The zero-order valence-corrected chi connectivity index (χ0v) is 26.3. The fourth-order valence-electron chi connectivity index (χ4n) is 5.25. The number of fused-ring (bicyclic) bond motifs is 1. The minimum Gasteiger partial charge on any atom is -0.491 e. The molecule has 10 nitrogen and oxygen atoms in total. The molecule has 0 radical (unpaired) electrons. The van der Waals surface area contributed by atoms with Crippen molar-refractivity contribution in [3.63, 3.8) is 0 Å². The third-order valence-corrected chi connectivity index (χ3v) is 8.20. The normalized spacial score (nSPS) is 19.9. The van der Waals surface area contributed by atoms with Crippen LogP contribution in [0.5, 0.6) is 5.75 Å². The monoisotopic (exact) mass is 632 g/mol. The second-order valence-corrected chi connectivity index (χ2v) is 12.1. The van der Waals surface area contributed by atoms with Crippen LogP contribution in [0.25, 0.3) is 0 Å². The van der Waals surface area contributed by atoms with Gasteiger partial charge >= 0.3 is 0 Å². The van der Waals surface area contributed by atoms with E-state index >= 15 is 0 Å². The summed E-state index contributed by atoms with van der Waals surface area (Å²) < 4.78 is 19.6. The van der Waals surface area contributed by atoms with Gasteiger partial charge in [0.1, 0.15) is 30.3 Å². The standard InChI is InChI=1S/C35H41FN4O6/c1-35(2,24-13-15-25(36)16-14-24)22-37-33(44)28-17-18-31(42)38-29(20-41)34(45)40(3)26(19-23-9-5-4-6-10-23)21-46-30-12-8-7-11-27(30)32(43)39-28/h4-16,26,28-29,41H,17-22H2,1-3H3,(H,37,44)(H,38,42)(H,39,43)/t26-,28+,29+/m1/s1. The molecule has 0 saturated heterocycles. The van der Waals surface area contributed by atoms with E-state index in [0.717, 1.165) is 11.1 Å². The number of nitrogens with zero attached hydrogens (tertiary/aromatic N) is 1. The number of amides is 4. The first-order valence-electron chi connectivity index (χ1n) is 15.3. The van der Waals surface area contributed by atoms with Gasteiger partial charge in [-0.2, -0.15) is 0 Å². The van der Waals surface area contributed by atoms with Gasteiger partial charge in [0.25, 0.3) is 5.91 Å². The highest BCUT2D eigenvalue weighted by molar-refractivity contribution is 6.00. The third kappa shape index (κ3) is 8.91. The molecule has 1 aliphatic heterocycles. The van der Waals surface area contributed by atoms with E-state index in [-0.39, 0.29) is 43.1 Å². The highest BCUT2D eigenvalue weighted by Crippen LogP contribution is 2.23. The Labute approximate surface area is 268 Å². The van der Waals surface area contributed by atoms with Gasteiger partial charge in [0.2, 0.25) is 17.7 Å². The Balaban J connectivity index is 1.59. The molecule has 46 heavy (non-hydrogen) atoms. The Morgan fingerprint density at radius 3 is 2.37 bits per heavy atom. The second kappa shape index (κ2) is 15.5. The number of rotatable bonds is 7. The van der Waals surface area contributed by atoms with Crippen molar-refractivity contribution < 1.29 is 33.4 Å². The summed E-state index contributed by atoms with van der Waals surface area (Å²) >= 11 is 0. The number of hydrogen-bond donors (Lipinski definition) is 4. The number of nitrogens with one attached hydrogen (secondary N) is 3. The van der Waals surface area contributed by atoms with Crippen molar-refractivity contribution >= 4 is 23.6 Å². The number of hydrogen-bond acceptors (Lipinski definition) is 6. The van der Waals surface area contributed by atoms with Crippen LogP contribution in [0.3, 0.4) is 0 Å². The summed E-state index contributed by atoms with van der Waals surface area (Å²) in [4.78, 5) is 55.0. The molecule has 1 heterocycles. The van der Waals surface area contributed by atoms with E-state index < -0.39 is 53.8 Å². The lowest BCUT2D eigenvalue weighted by molar-refractivity contribution is -0.138. The molecule has 0 bridgehead atoms. The lowest BCUT2D eigenvalue weighted by Crippen LogP contribution is -2.54. The fraction of sp³-hybridized carbons (Fsp3) is 0.371. The maximum Gasteiger partial charge on any atom is 0.255 e. The van der Waals surface area contributed by atoms with Crippen LogP contribution in [-0.2, 0) is 26.2 Å². The summed E-state index contributed by atoms with van der Waals surface area (Å²) in [6.07, 6.45) is 0.126. The van der Waals surface area contributed by atoms with Crippen molar-refractivity contribution in [1.29, 1.82) is 0 Å². The van der Waals surface area contributed by atoms with Crippen molar-refractivity contribution in [2.75, 3.05) is 26.8 Å². The predicted octanol–water partition coefficient (Wildman–Crippen LogP) is 2.74. The molecule has 0 aliphatic carbocycles. The Morgan fingerprint density at radius 1 is 1.00 bits per heavy atom. The van der Waals surface area contributed by atoms with E-state index in [1.165, 1.54) is 17.0 Å². The van der Waals surface area contributed by atoms with Crippen molar-refractivity contribution in [3.8, 4) is 5.75 Å². The van der Waals surface area contributed by atoms with E-state index in [1.807, 2.05) is 44.2 Å². The van der Waals surface area contributed by atoms with Gasteiger partial charge in [-0.3, -0.25) is 19.2 Å². The number of benzene rings is 3. The molecule has 3 aromatic carbocycles. The minimum absolute atomic E-state index is 0.00983. The number of ether oxygens (including phenoxy) is 1. The molecule has 3 atom stereocenters. The fourth-order valence-corrected chi connectivity index (χ4v) is 5.25. The Kier molecular flexibility index (Phi) is 11.5. The number of likely N-dealkylation sites (N-methyl/N-ethyl adjacent to an activating group) is 1. The Morgan fingerprint density at radius 2 is 1.67 bits per heavy atom. The molecule has 0 aromatic heterocycles. The average Bonchev–Trinajstić information content (AvgIpc) is 3.06. The first-order valence-corrected chi connectivity index (χ1v) is 15.3. The van der Waals surface area contributed by atoms with E-state index in [1.54, 1.807) is 43.4 Å². The van der Waals surface area contributed by atoms with Crippen LogP contribution >= 0.6 is 0 Å². The van der Waals surface area contributed by atoms with E-state index in [2.05, 4.69) is 16.0 Å². The first-order chi connectivity index (χ1) is 22.0. The second-order valence-electron chi connectivity index (χ2n) is 12.1. The van der Waals surface area contributed by atoms with Gasteiger partial charge in [0.15, 0.2) is 0 Å². The molecule has 4 amide bonds. The van der Waals surface area contributed by atoms with Crippen LogP contribution < -0.4 is 20.7 Å². The lowest BCUT2D eigenvalue weighted by atomic mass is 9.84. The quantitative estimate of drug-likeness (QED) is 0.316. The topological polar surface area (TPSA) is 137 Å². The number of carbonyl (C=O) groups is 4. The molecular formula is C35H41FN4O6. The number of aliphatic hydroxyl groups excluding tert-OH is 1. The van der Waals surface area contributed by atoms with Crippen LogP contribution in [0.2, 0.25) is 0 Å². The van der Waals surface area contributed by atoms with Gasteiger partial charge in [0, 0.05) is 25.4 Å². The molecule has 1 aliphatic rings. The first kappa shape index (κ1) is 34.1. The van der Waals surface area contributed by atoms with Gasteiger partial charge in [-0.25, -0.2) is 4.39 Å². The molecule has 11 heteroatoms. The summed E-state index contributed by atoms with van der Waals surface area (Å²) in [6.45, 7) is 3.34. The maximum atomic E-state index is 13.6. The molecule has 4 N–H and O–H groups in total. The van der Waals surface area contributed by atoms with Gasteiger partial charge < -0.3 is 30.7 Å². The highest BCUT2D eigenvalue weighted by atomic mass is 19.1. The molecule has 4 rings (SSSR count). The van der Waals surface area contributed by atoms with Crippen molar-refractivity contribution in [1.82, 2.24) is 20.9 Å². The maximum absolute atomic E-state index is 13.6. The Bertz CT molecular complexity index is 1510. The summed E-state index contributed by atoms with van der Waals surface area (Å²) in [5, 5.41) is 18.2. The van der Waals surface area contributed by atoms with Gasteiger partial charge in [-0.1, -0.05) is 68.4 Å². The lowest BCUT2D eigenvalue weighted by Gasteiger charge is -2.31. The van der Waals surface area contributed by atoms with E-state index in [4.69, 9.17) is 4.74 Å². The summed E-state index contributed by atoms with van der Waals surface area (Å²) in [6, 6.07) is 19.3. The molecule has 0 saturated carbocycles. The predicted molar refractivity (Wildman–Crippen MR) is 171 cm³/mol. The molecule has 0 unspecified atom stereocenters. The van der Waals surface area contributed by atoms with Gasteiger partial charge in [-0.15, -0.1) is 0 Å². The van der Waals surface area contributed by atoms with Crippen LogP contribution in [-0.4, -0.2) is 78.6 Å². The molecule has 3 aromatic rings. The van der Waals surface area contributed by atoms with Crippen LogP contribution in [0.4, 0.5) is 4.39 Å². The van der Waals surface area contributed by atoms with Crippen LogP contribution in [0, 0.1) is 5.82 Å². The zero-order valence-electron chi connectivity index (χ0n) is 26.3. The minimum atomic E-state index is -1.22. The van der Waals surface area contributed by atoms with Gasteiger partial charge in [-0.05, 0) is 48.2 Å². The van der Waals surface area contributed by atoms with Crippen molar-refractivity contribution in [3.05, 3.63) is 101 Å². The zero-order chi connectivity index (χ0) is 33.3. The number of carbonyl (C=O) groups excluding carboxylic acids is 4. The highest BCUT2D eigenvalue weighted by Gasteiger charge is 2.31. The third-order valence-electron chi connectivity index (χ3n) is 8.20. The number of halogens is 1. The van der Waals surface area contributed by atoms with Crippen molar-refractivity contribution in [2.45, 2.75) is 56.7 Å². The molecular weight excluding hydrogens is 591 g/mol. The van der Waals surface area contributed by atoms with Crippen LogP contribution in [0.15, 0.2) is 78.9 Å². The Hall–Kier alpha value is -4.77.